The lowest BCUT2D eigenvalue weighted by atomic mass is 10.2. The van der Waals surface area contributed by atoms with Crippen molar-refractivity contribution in [1.82, 2.24) is 19.7 Å². The van der Waals surface area contributed by atoms with Crippen LogP contribution >= 0.6 is 11.8 Å². The Labute approximate surface area is 198 Å². The Morgan fingerprint density at radius 3 is 2.70 bits per heavy atom. The van der Waals surface area contributed by atoms with Crippen LogP contribution in [0, 0.1) is 0 Å². The zero-order valence-corrected chi connectivity index (χ0v) is 20.2. The molecule has 0 bridgehead atoms. The summed E-state index contributed by atoms with van der Waals surface area (Å²) in [6, 6.07) is 13.4. The lowest BCUT2D eigenvalue weighted by Gasteiger charge is -2.28. The molecule has 1 aromatic carbocycles. The van der Waals surface area contributed by atoms with E-state index >= 15 is 0 Å². The van der Waals surface area contributed by atoms with Gasteiger partial charge in [0.25, 0.3) is 0 Å². The summed E-state index contributed by atoms with van der Waals surface area (Å²) in [6.45, 7) is 3.18. The van der Waals surface area contributed by atoms with E-state index in [9.17, 15) is 13.2 Å². The van der Waals surface area contributed by atoms with E-state index in [2.05, 4.69) is 17.1 Å². The number of furan rings is 1. The van der Waals surface area contributed by atoms with Crippen molar-refractivity contribution in [3.63, 3.8) is 0 Å². The van der Waals surface area contributed by atoms with Gasteiger partial charge in [0.1, 0.15) is 0 Å². The minimum Gasteiger partial charge on any atom is -0.461 e. The first-order valence-electron chi connectivity index (χ1n) is 11.1. The number of carbonyl (C=O) groups is 1. The molecule has 1 unspecified atom stereocenters. The number of hydrogen-bond donors (Lipinski definition) is 0. The molecule has 0 saturated carbocycles. The molecule has 1 atom stereocenters. The van der Waals surface area contributed by atoms with Crippen molar-refractivity contribution in [3.8, 4) is 11.6 Å². The third-order valence-electron chi connectivity index (χ3n) is 5.69. The second-order valence-corrected chi connectivity index (χ2v) is 11.3. The molecule has 33 heavy (non-hydrogen) atoms. The molecule has 3 aromatic rings. The normalized spacial score (nSPS) is 17.3. The first-order valence-corrected chi connectivity index (χ1v) is 13.9. The van der Waals surface area contributed by atoms with Gasteiger partial charge < -0.3 is 9.32 Å². The monoisotopic (exact) mass is 488 g/mol. The standard InChI is InChI=1S/C23H28N4O4S2/c1-2-3-12-26(19-11-14-33(29,30)17-19)21(28)16-32-23-25-24-22(20-10-7-13-31-20)27(23)15-18-8-5-4-6-9-18/h4-10,13,19H,2-3,11-12,14-17H2,1H3. The smallest absolute Gasteiger partial charge is 0.233 e. The maximum Gasteiger partial charge on any atom is 0.233 e. The van der Waals surface area contributed by atoms with E-state index in [0.29, 0.717) is 36.3 Å². The van der Waals surface area contributed by atoms with Gasteiger partial charge in [0.15, 0.2) is 20.8 Å². The van der Waals surface area contributed by atoms with Crippen molar-refractivity contribution in [2.24, 2.45) is 0 Å². The first kappa shape index (κ1) is 23.6. The number of sulfone groups is 1. The molecule has 4 rings (SSSR count). The predicted molar refractivity (Wildman–Crippen MR) is 128 cm³/mol. The van der Waals surface area contributed by atoms with Gasteiger partial charge in [-0.15, -0.1) is 10.2 Å². The fraction of sp³-hybridized carbons (Fsp3) is 0.435. The number of thioether (sulfide) groups is 1. The van der Waals surface area contributed by atoms with E-state index in [1.165, 1.54) is 11.8 Å². The van der Waals surface area contributed by atoms with Crippen molar-refractivity contribution in [3.05, 3.63) is 54.3 Å². The maximum atomic E-state index is 13.2. The van der Waals surface area contributed by atoms with Gasteiger partial charge in [0.05, 0.1) is 30.1 Å². The number of rotatable bonds is 10. The van der Waals surface area contributed by atoms with Crippen LogP contribution in [-0.4, -0.2) is 63.8 Å². The lowest BCUT2D eigenvalue weighted by molar-refractivity contribution is -0.130. The number of hydrogen-bond acceptors (Lipinski definition) is 7. The molecule has 0 aliphatic carbocycles. The summed E-state index contributed by atoms with van der Waals surface area (Å²) in [7, 11) is -3.07. The van der Waals surface area contributed by atoms with Gasteiger partial charge in [-0.1, -0.05) is 55.4 Å². The fourth-order valence-corrected chi connectivity index (χ4v) is 6.52. The first-order chi connectivity index (χ1) is 16.0. The molecular formula is C23H28N4O4S2. The molecule has 0 N–H and O–H groups in total. The minimum atomic E-state index is -3.07. The predicted octanol–water partition coefficient (Wildman–Crippen LogP) is 3.49. The molecule has 1 fully saturated rings. The van der Waals surface area contributed by atoms with Gasteiger partial charge in [-0.25, -0.2) is 8.42 Å². The van der Waals surface area contributed by atoms with Crippen LogP contribution in [0.1, 0.15) is 31.7 Å². The summed E-state index contributed by atoms with van der Waals surface area (Å²) >= 11 is 1.32. The molecule has 3 heterocycles. The van der Waals surface area contributed by atoms with Crippen molar-refractivity contribution < 1.29 is 17.6 Å². The Hall–Kier alpha value is -2.59. The SMILES string of the molecule is CCCCN(C(=O)CSc1nnc(-c2ccco2)n1Cc1ccccc1)C1CCS(=O)(=O)C1. The van der Waals surface area contributed by atoms with Gasteiger partial charge in [-0.05, 0) is 30.5 Å². The van der Waals surface area contributed by atoms with Crippen LogP contribution in [0.3, 0.4) is 0 Å². The maximum absolute atomic E-state index is 13.2. The van der Waals surface area contributed by atoms with Crippen molar-refractivity contribution in [2.45, 2.75) is 43.9 Å². The highest BCUT2D eigenvalue weighted by Crippen LogP contribution is 2.27. The molecule has 1 saturated heterocycles. The van der Waals surface area contributed by atoms with Crippen LogP contribution in [0.25, 0.3) is 11.6 Å². The zero-order chi connectivity index (χ0) is 23.3. The van der Waals surface area contributed by atoms with Crippen molar-refractivity contribution in [1.29, 1.82) is 0 Å². The second kappa shape index (κ2) is 10.6. The Balaban J connectivity index is 1.52. The number of amides is 1. The molecule has 8 nitrogen and oxygen atoms in total. The second-order valence-electron chi connectivity index (χ2n) is 8.14. The van der Waals surface area contributed by atoms with E-state index in [1.54, 1.807) is 17.2 Å². The van der Waals surface area contributed by atoms with Crippen LogP contribution in [0.15, 0.2) is 58.3 Å². The fourth-order valence-electron chi connectivity index (χ4n) is 3.96. The van der Waals surface area contributed by atoms with Crippen LogP contribution in [0.2, 0.25) is 0 Å². The summed E-state index contributed by atoms with van der Waals surface area (Å²) in [5.41, 5.74) is 1.08. The summed E-state index contributed by atoms with van der Waals surface area (Å²) in [5.74, 6) is 1.52. The zero-order valence-electron chi connectivity index (χ0n) is 18.6. The van der Waals surface area contributed by atoms with E-state index in [0.717, 1.165) is 18.4 Å². The average Bonchev–Trinajstić information content (AvgIpc) is 3.54. The average molecular weight is 489 g/mol. The van der Waals surface area contributed by atoms with Crippen molar-refractivity contribution >= 4 is 27.5 Å². The highest BCUT2D eigenvalue weighted by molar-refractivity contribution is 7.99. The van der Waals surface area contributed by atoms with Gasteiger partial charge >= 0.3 is 0 Å². The van der Waals surface area contributed by atoms with Crippen LogP contribution in [0.5, 0.6) is 0 Å². The van der Waals surface area contributed by atoms with Gasteiger partial charge in [0.2, 0.25) is 11.7 Å². The largest absolute Gasteiger partial charge is 0.461 e. The Bertz CT molecular complexity index is 1160. The number of aromatic nitrogens is 3. The van der Waals surface area contributed by atoms with E-state index in [1.807, 2.05) is 41.0 Å². The summed E-state index contributed by atoms with van der Waals surface area (Å²) in [6.07, 6.45) is 3.89. The van der Waals surface area contributed by atoms with Crippen LogP contribution in [0.4, 0.5) is 0 Å². The van der Waals surface area contributed by atoms with Gasteiger partial charge in [0, 0.05) is 12.6 Å². The number of benzene rings is 1. The molecule has 1 aliphatic heterocycles. The molecule has 1 aliphatic rings. The third kappa shape index (κ3) is 5.86. The lowest BCUT2D eigenvalue weighted by Crippen LogP contribution is -2.42. The van der Waals surface area contributed by atoms with E-state index < -0.39 is 9.84 Å². The topological polar surface area (TPSA) is 98.3 Å². The molecular weight excluding hydrogens is 460 g/mol. The molecule has 0 radical (unpaired) electrons. The Kier molecular flexibility index (Phi) is 7.54. The molecule has 10 heteroatoms. The van der Waals surface area contributed by atoms with Crippen LogP contribution in [-0.2, 0) is 21.2 Å². The van der Waals surface area contributed by atoms with Gasteiger partial charge in [-0.2, -0.15) is 0 Å². The van der Waals surface area contributed by atoms with E-state index in [4.69, 9.17) is 4.42 Å². The molecule has 1 amide bonds. The third-order valence-corrected chi connectivity index (χ3v) is 8.39. The minimum absolute atomic E-state index is 0.0555. The molecule has 176 valence electrons. The van der Waals surface area contributed by atoms with Gasteiger partial charge in [-0.3, -0.25) is 9.36 Å². The number of nitrogens with zero attached hydrogens (tertiary/aromatic N) is 4. The summed E-state index contributed by atoms with van der Waals surface area (Å²) in [4.78, 5) is 14.9. The van der Waals surface area contributed by atoms with E-state index in [-0.39, 0.29) is 29.2 Å². The quantitative estimate of drug-likeness (QED) is 0.403. The van der Waals surface area contributed by atoms with Crippen LogP contribution < -0.4 is 0 Å². The Morgan fingerprint density at radius 1 is 1.21 bits per heavy atom. The summed E-state index contributed by atoms with van der Waals surface area (Å²) < 4.78 is 31.5. The highest BCUT2D eigenvalue weighted by atomic mass is 32.2. The van der Waals surface area contributed by atoms with Crippen molar-refractivity contribution in [2.75, 3.05) is 23.8 Å². The Morgan fingerprint density at radius 2 is 2.03 bits per heavy atom. The number of unbranched alkanes of at least 4 members (excludes halogenated alkanes) is 1. The molecule has 0 spiro atoms. The summed E-state index contributed by atoms with van der Waals surface area (Å²) in [5, 5.41) is 9.27. The number of carbonyl (C=O) groups excluding carboxylic acids is 1. The highest BCUT2D eigenvalue weighted by Gasteiger charge is 2.34. The molecule has 2 aromatic heterocycles.